The molecule has 0 aromatic heterocycles. The predicted molar refractivity (Wildman–Crippen MR) is 73.2 cm³/mol. The first-order chi connectivity index (χ1) is 8.76. The van der Waals surface area contributed by atoms with Gasteiger partial charge in [0.05, 0.1) is 13.0 Å². The normalized spacial score (nSPS) is 21.4. The zero-order chi connectivity index (χ0) is 13.0. The Morgan fingerprint density at radius 2 is 2.11 bits per heavy atom. The van der Waals surface area contributed by atoms with E-state index in [0.29, 0.717) is 12.5 Å². The first kappa shape index (κ1) is 13.3. The molecule has 0 spiro atoms. The Hall–Kier alpha value is -1.16. The molecule has 2 rings (SSSR count). The fourth-order valence-electron chi connectivity index (χ4n) is 2.01. The molecule has 0 saturated heterocycles. The average Bonchev–Trinajstić information content (AvgIpc) is 3.19. The van der Waals surface area contributed by atoms with E-state index in [0.717, 1.165) is 17.9 Å². The molecule has 0 bridgehead atoms. The monoisotopic (exact) mass is 266 g/mol. The van der Waals surface area contributed by atoms with E-state index in [1.807, 2.05) is 30.5 Å². The summed E-state index contributed by atoms with van der Waals surface area (Å²) < 4.78 is 10.3. The molecule has 1 saturated carbocycles. The Balaban J connectivity index is 1.84. The number of hydrogen-bond donors (Lipinski definition) is 0. The Morgan fingerprint density at radius 3 is 2.72 bits per heavy atom. The van der Waals surface area contributed by atoms with Gasteiger partial charge in [0.2, 0.25) is 0 Å². The minimum atomic E-state index is -0.0510. The maximum atomic E-state index is 11.7. The van der Waals surface area contributed by atoms with Gasteiger partial charge in [-0.15, -0.1) is 0 Å². The molecule has 0 aliphatic heterocycles. The standard InChI is InChI=1S/C14H18O3S/c1-16-11-5-3-10(4-6-11)12-9-13(12)14(15)17-7-8-18-2/h3-6,12-13H,7-9H2,1-2H3/t12-,13+/m0/s1. The molecule has 1 aromatic rings. The van der Waals surface area contributed by atoms with Crippen LogP contribution >= 0.6 is 11.8 Å². The fraction of sp³-hybridized carbons (Fsp3) is 0.500. The van der Waals surface area contributed by atoms with Crippen molar-refractivity contribution in [2.75, 3.05) is 25.7 Å². The van der Waals surface area contributed by atoms with Gasteiger partial charge in [-0.3, -0.25) is 4.79 Å². The fourth-order valence-corrected chi connectivity index (χ4v) is 2.26. The molecule has 2 atom stereocenters. The van der Waals surface area contributed by atoms with Crippen molar-refractivity contribution in [3.05, 3.63) is 29.8 Å². The summed E-state index contributed by atoms with van der Waals surface area (Å²) in [6.45, 7) is 0.520. The summed E-state index contributed by atoms with van der Waals surface area (Å²) in [6.07, 6.45) is 2.91. The van der Waals surface area contributed by atoms with E-state index in [9.17, 15) is 4.79 Å². The van der Waals surface area contributed by atoms with E-state index in [4.69, 9.17) is 9.47 Å². The van der Waals surface area contributed by atoms with Gasteiger partial charge in [0.15, 0.2) is 0 Å². The van der Waals surface area contributed by atoms with Crippen LogP contribution in [-0.2, 0) is 9.53 Å². The Bertz CT molecular complexity index is 402. The van der Waals surface area contributed by atoms with E-state index in [2.05, 4.69) is 0 Å². The largest absolute Gasteiger partial charge is 0.497 e. The van der Waals surface area contributed by atoms with Crippen LogP contribution in [0.1, 0.15) is 17.9 Å². The molecule has 1 aromatic carbocycles. The number of thioether (sulfide) groups is 1. The van der Waals surface area contributed by atoms with Crippen molar-refractivity contribution in [1.82, 2.24) is 0 Å². The molecule has 1 aliphatic rings. The van der Waals surface area contributed by atoms with E-state index in [1.165, 1.54) is 5.56 Å². The van der Waals surface area contributed by atoms with E-state index < -0.39 is 0 Å². The molecular weight excluding hydrogens is 248 g/mol. The molecule has 4 heteroatoms. The van der Waals surface area contributed by atoms with Crippen LogP contribution in [0.2, 0.25) is 0 Å². The van der Waals surface area contributed by atoms with E-state index in [-0.39, 0.29) is 11.9 Å². The number of methoxy groups -OCH3 is 1. The maximum absolute atomic E-state index is 11.7. The van der Waals surface area contributed by atoms with Crippen LogP contribution in [0.5, 0.6) is 5.75 Å². The number of esters is 1. The Labute approximate surface area is 112 Å². The van der Waals surface area contributed by atoms with Gasteiger partial charge in [0, 0.05) is 5.75 Å². The summed E-state index contributed by atoms with van der Waals surface area (Å²) >= 11 is 1.69. The molecular formula is C14H18O3S. The molecule has 98 valence electrons. The first-order valence-electron chi connectivity index (χ1n) is 6.05. The molecule has 0 N–H and O–H groups in total. The summed E-state index contributed by atoms with van der Waals surface area (Å²) in [4.78, 5) is 11.7. The number of benzene rings is 1. The number of ether oxygens (including phenoxy) is 2. The van der Waals surface area contributed by atoms with Crippen molar-refractivity contribution in [3.63, 3.8) is 0 Å². The minimum absolute atomic E-state index is 0.0510. The van der Waals surface area contributed by atoms with Crippen LogP contribution in [0.3, 0.4) is 0 Å². The summed E-state index contributed by atoms with van der Waals surface area (Å²) in [6, 6.07) is 7.92. The van der Waals surface area contributed by atoms with Crippen LogP contribution in [0.25, 0.3) is 0 Å². The third kappa shape index (κ3) is 3.19. The van der Waals surface area contributed by atoms with Gasteiger partial charge in [-0.1, -0.05) is 12.1 Å². The summed E-state index contributed by atoms with van der Waals surface area (Å²) in [5.74, 6) is 2.05. The third-order valence-corrected chi connectivity index (χ3v) is 3.74. The Kier molecular flexibility index (Phi) is 4.53. The predicted octanol–water partition coefficient (Wildman–Crippen LogP) is 2.70. The molecule has 18 heavy (non-hydrogen) atoms. The third-order valence-electron chi connectivity index (χ3n) is 3.17. The summed E-state index contributed by atoms with van der Waals surface area (Å²) in [5, 5.41) is 0. The second kappa shape index (κ2) is 6.14. The van der Waals surface area contributed by atoms with Crippen molar-refractivity contribution in [2.24, 2.45) is 5.92 Å². The second-order valence-electron chi connectivity index (χ2n) is 4.38. The molecule has 1 aliphatic carbocycles. The van der Waals surface area contributed by atoms with Crippen LogP contribution in [-0.4, -0.2) is 31.7 Å². The lowest BCUT2D eigenvalue weighted by atomic mass is 10.1. The van der Waals surface area contributed by atoms with Gasteiger partial charge < -0.3 is 9.47 Å². The molecule has 1 fully saturated rings. The highest BCUT2D eigenvalue weighted by Crippen LogP contribution is 2.48. The maximum Gasteiger partial charge on any atom is 0.309 e. The highest BCUT2D eigenvalue weighted by atomic mass is 32.2. The van der Waals surface area contributed by atoms with Gasteiger partial charge >= 0.3 is 5.97 Å². The lowest BCUT2D eigenvalue weighted by molar-refractivity contribution is -0.144. The highest BCUT2D eigenvalue weighted by molar-refractivity contribution is 7.98. The second-order valence-corrected chi connectivity index (χ2v) is 5.37. The lowest BCUT2D eigenvalue weighted by Gasteiger charge is -2.04. The van der Waals surface area contributed by atoms with Gasteiger partial charge in [0.1, 0.15) is 12.4 Å². The zero-order valence-electron chi connectivity index (χ0n) is 10.7. The van der Waals surface area contributed by atoms with Crippen molar-refractivity contribution in [2.45, 2.75) is 12.3 Å². The number of hydrogen-bond acceptors (Lipinski definition) is 4. The quantitative estimate of drug-likeness (QED) is 0.586. The highest BCUT2D eigenvalue weighted by Gasteiger charge is 2.45. The summed E-state index contributed by atoms with van der Waals surface area (Å²) in [7, 11) is 1.65. The smallest absolute Gasteiger partial charge is 0.309 e. The van der Waals surface area contributed by atoms with E-state index in [1.54, 1.807) is 18.9 Å². The SMILES string of the molecule is COc1ccc([C@@H]2C[C@H]2C(=O)OCCSC)cc1. The minimum Gasteiger partial charge on any atom is -0.497 e. The van der Waals surface area contributed by atoms with Crippen molar-refractivity contribution < 1.29 is 14.3 Å². The van der Waals surface area contributed by atoms with Crippen LogP contribution < -0.4 is 4.74 Å². The topological polar surface area (TPSA) is 35.5 Å². The zero-order valence-corrected chi connectivity index (χ0v) is 11.5. The van der Waals surface area contributed by atoms with Gasteiger partial charge in [-0.25, -0.2) is 0 Å². The summed E-state index contributed by atoms with van der Waals surface area (Å²) in [5.41, 5.74) is 1.20. The Morgan fingerprint density at radius 1 is 1.39 bits per heavy atom. The van der Waals surface area contributed by atoms with Crippen LogP contribution in [0.15, 0.2) is 24.3 Å². The number of carbonyl (C=O) groups excluding carboxylic acids is 1. The van der Waals surface area contributed by atoms with Gasteiger partial charge in [-0.2, -0.15) is 11.8 Å². The molecule has 0 heterocycles. The molecule has 0 amide bonds. The van der Waals surface area contributed by atoms with Crippen LogP contribution in [0.4, 0.5) is 0 Å². The molecule has 3 nitrogen and oxygen atoms in total. The van der Waals surface area contributed by atoms with Crippen LogP contribution in [0, 0.1) is 5.92 Å². The van der Waals surface area contributed by atoms with Crippen molar-refractivity contribution >= 4 is 17.7 Å². The van der Waals surface area contributed by atoms with E-state index >= 15 is 0 Å². The first-order valence-corrected chi connectivity index (χ1v) is 7.45. The molecule has 0 radical (unpaired) electrons. The number of rotatable bonds is 6. The van der Waals surface area contributed by atoms with Gasteiger partial charge in [-0.05, 0) is 36.3 Å². The molecule has 0 unspecified atom stereocenters. The number of carbonyl (C=O) groups is 1. The van der Waals surface area contributed by atoms with Gasteiger partial charge in [0.25, 0.3) is 0 Å². The van der Waals surface area contributed by atoms with Crippen molar-refractivity contribution in [1.29, 1.82) is 0 Å². The van der Waals surface area contributed by atoms with Crippen molar-refractivity contribution in [3.8, 4) is 5.75 Å². The average molecular weight is 266 g/mol. The lowest BCUT2D eigenvalue weighted by Crippen LogP contribution is -2.10.